The smallest absolute Gasteiger partial charge is 0.0737 e. The van der Waals surface area contributed by atoms with Crippen molar-refractivity contribution in [2.45, 2.75) is 65.4 Å². The maximum Gasteiger partial charge on any atom is 0.0737 e. The molecule has 3 fully saturated rings. The predicted molar refractivity (Wildman–Crippen MR) is 66.1 cm³/mol. The van der Waals surface area contributed by atoms with Gasteiger partial charge in [0, 0.05) is 0 Å². The summed E-state index contributed by atoms with van der Waals surface area (Å²) in [5.74, 6) is 2.17. The molecule has 1 heteroatoms. The van der Waals surface area contributed by atoms with Gasteiger partial charge in [-0.3, -0.25) is 0 Å². The molecule has 0 aliphatic heterocycles. The minimum Gasteiger partial charge on any atom is -0.389 e. The Bertz CT molecular complexity index is 321. The van der Waals surface area contributed by atoms with Gasteiger partial charge in [0.15, 0.2) is 0 Å². The Morgan fingerprint density at radius 3 is 2.44 bits per heavy atom. The summed E-state index contributed by atoms with van der Waals surface area (Å²) in [7, 11) is 0. The molecule has 3 aliphatic carbocycles. The van der Waals surface area contributed by atoms with E-state index >= 15 is 0 Å². The minimum atomic E-state index is -0.341. The third-order valence-corrected chi connectivity index (χ3v) is 6.42. The lowest BCUT2D eigenvalue weighted by Crippen LogP contribution is -2.57. The van der Waals surface area contributed by atoms with E-state index in [-0.39, 0.29) is 11.0 Å². The Balaban J connectivity index is 2.11. The van der Waals surface area contributed by atoms with Gasteiger partial charge < -0.3 is 5.11 Å². The first-order chi connectivity index (χ1) is 7.30. The van der Waals surface area contributed by atoms with Gasteiger partial charge in [0.25, 0.3) is 0 Å². The number of hydrogen-bond acceptors (Lipinski definition) is 1. The summed E-state index contributed by atoms with van der Waals surface area (Å²) in [6.45, 7) is 9.54. The topological polar surface area (TPSA) is 20.2 Å². The molecule has 1 N–H and O–H groups in total. The van der Waals surface area contributed by atoms with Gasteiger partial charge >= 0.3 is 0 Å². The van der Waals surface area contributed by atoms with Crippen LogP contribution in [0.15, 0.2) is 0 Å². The SMILES string of the molecule is C[C@@H]1CC[C@]2(O)[C@@H]3[C@@H]1CC[C@@]2(C)CC3(C)C. The summed E-state index contributed by atoms with van der Waals surface area (Å²) in [5, 5.41) is 11.2. The van der Waals surface area contributed by atoms with Crippen LogP contribution in [0.2, 0.25) is 0 Å². The van der Waals surface area contributed by atoms with Gasteiger partial charge in [0.1, 0.15) is 0 Å². The second kappa shape index (κ2) is 2.85. The van der Waals surface area contributed by atoms with Gasteiger partial charge in [-0.1, -0.05) is 27.7 Å². The van der Waals surface area contributed by atoms with Gasteiger partial charge in [0.2, 0.25) is 0 Å². The molecule has 0 aromatic heterocycles. The average Bonchev–Trinajstić information content (AvgIpc) is 2.28. The molecular formula is C15H26O. The monoisotopic (exact) mass is 222 g/mol. The second-order valence-electron chi connectivity index (χ2n) is 7.85. The maximum atomic E-state index is 11.2. The molecule has 0 radical (unpaired) electrons. The first-order valence-electron chi connectivity index (χ1n) is 7.03. The van der Waals surface area contributed by atoms with E-state index in [1.54, 1.807) is 0 Å². The van der Waals surface area contributed by atoms with Crippen LogP contribution in [0.3, 0.4) is 0 Å². The fraction of sp³-hybridized carbons (Fsp3) is 1.00. The Kier molecular flexibility index (Phi) is 1.98. The molecule has 0 aromatic carbocycles. The van der Waals surface area contributed by atoms with Crippen LogP contribution in [0, 0.1) is 28.6 Å². The molecule has 3 saturated carbocycles. The molecule has 0 unspecified atom stereocenters. The van der Waals surface area contributed by atoms with Crippen molar-refractivity contribution >= 4 is 0 Å². The highest BCUT2D eigenvalue weighted by Gasteiger charge is 2.69. The fourth-order valence-corrected chi connectivity index (χ4v) is 5.91. The van der Waals surface area contributed by atoms with E-state index in [9.17, 15) is 5.11 Å². The summed E-state index contributed by atoms with van der Waals surface area (Å²) in [5.41, 5.74) is 0.211. The highest BCUT2D eigenvalue weighted by atomic mass is 16.3. The highest BCUT2D eigenvalue weighted by molar-refractivity contribution is 5.19. The second-order valence-corrected chi connectivity index (χ2v) is 7.85. The molecule has 0 heterocycles. The molecule has 0 amide bonds. The Morgan fingerprint density at radius 2 is 1.75 bits per heavy atom. The van der Waals surface area contributed by atoms with Crippen LogP contribution in [0.1, 0.15) is 59.8 Å². The molecule has 0 saturated heterocycles. The van der Waals surface area contributed by atoms with E-state index in [1.165, 1.54) is 25.7 Å². The van der Waals surface area contributed by atoms with Gasteiger partial charge in [0.05, 0.1) is 5.60 Å². The lowest BCUT2D eigenvalue weighted by atomic mass is 9.52. The predicted octanol–water partition coefficient (Wildman–Crippen LogP) is 3.61. The molecule has 92 valence electrons. The van der Waals surface area contributed by atoms with Crippen molar-refractivity contribution in [3.05, 3.63) is 0 Å². The van der Waals surface area contributed by atoms with Gasteiger partial charge in [-0.2, -0.15) is 0 Å². The van der Waals surface area contributed by atoms with E-state index < -0.39 is 0 Å². The van der Waals surface area contributed by atoms with E-state index in [4.69, 9.17) is 0 Å². The zero-order valence-electron chi connectivity index (χ0n) is 11.2. The number of rotatable bonds is 0. The molecule has 0 aromatic rings. The van der Waals surface area contributed by atoms with Crippen molar-refractivity contribution in [2.75, 3.05) is 0 Å². The molecule has 0 spiro atoms. The zero-order chi connectivity index (χ0) is 11.8. The summed E-state index contributed by atoms with van der Waals surface area (Å²) in [4.78, 5) is 0. The first-order valence-corrected chi connectivity index (χ1v) is 7.03. The van der Waals surface area contributed by atoms with E-state index in [0.29, 0.717) is 11.3 Å². The Hall–Kier alpha value is -0.0400. The van der Waals surface area contributed by atoms with E-state index in [2.05, 4.69) is 27.7 Å². The molecular weight excluding hydrogens is 196 g/mol. The molecule has 4 bridgehead atoms. The van der Waals surface area contributed by atoms with Crippen LogP contribution in [0.5, 0.6) is 0 Å². The average molecular weight is 222 g/mol. The normalized spacial score (nSPS) is 58.7. The van der Waals surface area contributed by atoms with Crippen molar-refractivity contribution in [3.63, 3.8) is 0 Å². The number of aliphatic hydroxyl groups is 1. The Morgan fingerprint density at radius 1 is 1.06 bits per heavy atom. The fourth-order valence-electron chi connectivity index (χ4n) is 5.91. The van der Waals surface area contributed by atoms with Crippen LogP contribution in [0.25, 0.3) is 0 Å². The Labute approximate surface area is 99.6 Å². The van der Waals surface area contributed by atoms with Crippen molar-refractivity contribution in [3.8, 4) is 0 Å². The summed E-state index contributed by atoms with van der Waals surface area (Å²) < 4.78 is 0. The van der Waals surface area contributed by atoms with Crippen LogP contribution >= 0.6 is 0 Å². The third-order valence-electron chi connectivity index (χ3n) is 6.42. The van der Waals surface area contributed by atoms with Gasteiger partial charge in [-0.15, -0.1) is 0 Å². The van der Waals surface area contributed by atoms with Crippen molar-refractivity contribution in [2.24, 2.45) is 28.6 Å². The summed E-state index contributed by atoms with van der Waals surface area (Å²) >= 11 is 0. The summed E-state index contributed by atoms with van der Waals surface area (Å²) in [6, 6.07) is 0. The maximum absolute atomic E-state index is 11.2. The molecule has 16 heavy (non-hydrogen) atoms. The third kappa shape index (κ3) is 1.06. The van der Waals surface area contributed by atoms with Crippen LogP contribution in [0.4, 0.5) is 0 Å². The highest BCUT2D eigenvalue weighted by Crippen LogP contribution is 2.71. The summed E-state index contributed by atoms with van der Waals surface area (Å²) in [6.07, 6.45) is 6.12. The minimum absolute atomic E-state index is 0.206. The van der Waals surface area contributed by atoms with Crippen molar-refractivity contribution in [1.29, 1.82) is 0 Å². The molecule has 3 rings (SSSR count). The van der Waals surface area contributed by atoms with E-state index in [0.717, 1.165) is 18.3 Å². The lowest BCUT2D eigenvalue weighted by molar-refractivity contribution is -0.174. The molecule has 5 atom stereocenters. The van der Waals surface area contributed by atoms with Crippen LogP contribution in [-0.4, -0.2) is 10.7 Å². The molecule has 3 aliphatic rings. The van der Waals surface area contributed by atoms with Crippen LogP contribution in [-0.2, 0) is 0 Å². The quantitative estimate of drug-likeness (QED) is 0.664. The standard InChI is InChI=1S/C15H26O/c1-10-5-8-15(16)12-11(10)6-7-14(15,4)9-13(12,2)3/h10-12,16H,5-9H2,1-4H3/t10-,11-,12-,14+,15+/m1/s1. The van der Waals surface area contributed by atoms with Crippen molar-refractivity contribution < 1.29 is 5.11 Å². The van der Waals surface area contributed by atoms with Crippen molar-refractivity contribution in [1.82, 2.24) is 0 Å². The van der Waals surface area contributed by atoms with Gasteiger partial charge in [-0.25, -0.2) is 0 Å². The zero-order valence-corrected chi connectivity index (χ0v) is 11.2. The largest absolute Gasteiger partial charge is 0.389 e. The molecule has 1 nitrogen and oxygen atoms in total. The van der Waals surface area contributed by atoms with Gasteiger partial charge in [-0.05, 0) is 60.7 Å². The van der Waals surface area contributed by atoms with E-state index in [1.807, 2.05) is 0 Å². The number of hydrogen-bond donors (Lipinski definition) is 1. The van der Waals surface area contributed by atoms with Crippen LogP contribution < -0.4 is 0 Å². The first kappa shape index (κ1) is 11.1. The lowest BCUT2D eigenvalue weighted by Gasteiger charge is -2.56.